The highest BCUT2D eigenvalue weighted by molar-refractivity contribution is 5.61. The van der Waals surface area contributed by atoms with Gasteiger partial charge in [0, 0.05) is 12.1 Å². The van der Waals surface area contributed by atoms with Gasteiger partial charge in [-0.15, -0.1) is 0 Å². The van der Waals surface area contributed by atoms with E-state index in [4.69, 9.17) is 14.9 Å². The van der Waals surface area contributed by atoms with E-state index in [1.54, 1.807) is 6.07 Å². The number of non-ortho nitro benzene ring substituents is 1. The summed E-state index contributed by atoms with van der Waals surface area (Å²) in [6.07, 6.45) is 0. The van der Waals surface area contributed by atoms with Crippen molar-refractivity contribution >= 4 is 11.4 Å². The van der Waals surface area contributed by atoms with E-state index in [2.05, 4.69) is 5.32 Å². The van der Waals surface area contributed by atoms with Crippen molar-refractivity contribution in [3.63, 3.8) is 0 Å². The summed E-state index contributed by atoms with van der Waals surface area (Å²) in [5.41, 5.74) is 0.496. The second-order valence-corrected chi connectivity index (χ2v) is 3.83. The summed E-state index contributed by atoms with van der Waals surface area (Å²) in [6.45, 7) is 0.272. The van der Waals surface area contributed by atoms with Crippen molar-refractivity contribution in [1.29, 1.82) is 10.5 Å². The fraction of sp³-hybridized carbons (Fsp3) is 0.0769. The monoisotopic (exact) mass is 268 g/mol. The number of hydrogen-bond acceptors (Lipinski definition) is 6. The molecule has 0 saturated heterocycles. The van der Waals surface area contributed by atoms with Crippen molar-refractivity contribution in [2.75, 3.05) is 5.32 Å². The van der Waals surface area contributed by atoms with Crippen LogP contribution in [-0.2, 0) is 6.54 Å². The topological polar surface area (TPSA) is 116 Å². The lowest BCUT2D eigenvalue weighted by molar-refractivity contribution is -0.384. The van der Waals surface area contributed by atoms with Gasteiger partial charge < -0.3 is 9.73 Å². The Kier molecular flexibility index (Phi) is 3.64. The fourth-order valence-electron chi connectivity index (χ4n) is 1.61. The standard InChI is InChI=1S/C13H8N4O3/c14-6-9-5-10(17(18)19)1-4-13(9)16-8-12-3-2-11(7-15)20-12/h1-5,16H,8H2. The zero-order valence-corrected chi connectivity index (χ0v) is 10.2. The molecule has 0 fully saturated rings. The van der Waals surface area contributed by atoms with Crippen LogP contribution in [0.25, 0.3) is 0 Å². The molecule has 0 saturated carbocycles. The third-order valence-corrected chi connectivity index (χ3v) is 2.56. The number of nitro benzene ring substituents is 1. The molecule has 1 heterocycles. The highest BCUT2D eigenvalue weighted by Crippen LogP contribution is 2.22. The molecular formula is C13H8N4O3. The summed E-state index contributed by atoms with van der Waals surface area (Å²) in [4.78, 5) is 10.1. The van der Waals surface area contributed by atoms with Gasteiger partial charge in [0.15, 0.2) is 0 Å². The largest absolute Gasteiger partial charge is 0.449 e. The van der Waals surface area contributed by atoms with Crippen molar-refractivity contribution in [1.82, 2.24) is 0 Å². The number of furan rings is 1. The lowest BCUT2D eigenvalue weighted by Crippen LogP contribution is -2.01. The molecule has 0 atom stereocenters. The minimum Gasteiger partial charge on any atom is -0.449 e. The molecule has 1 aromatic carbocycles. The highest BCUT2D eigenvalue weighted by atomic mass is 16.6. The molecule has 0 aliphatic carbocycles. The molecule has 2 aromatic rings. The van der Waals surface area contributed by atoms with Crippen LogP contribution in [0.5, 0.6) is 0 Å². The van der Waals surface area contributed by atoms with Crippen LogP contribution in [0, 0.1) is 32.8 Å². The van der Waals surface area contributed by atoms with Gasteiger partial charge in [-0.3, -0.25) is 10.1 Å². The Balaban J connectivity index is 2.15. The average Bonchev–Trinajstić information content (AvgIpc) is 2.92. The summed E-state index contributed by atoms with van der Waals surface area (Å²) in [7, 11) is 0. The third-order valence-electron chi connectivity index (χ3n) is 2.56. The molecule has 1 N–H and O–H groups in total. The molecule has 0 spiro atoms. The third kappa shape index (κ3) is 2.74. The zero-order valence-electron chi connectivity index (χ0n) is 10.2. The lowest BCUT2D eigenvalue weighted by Gasteiger charge is -2.06. The quantitative estimate of drug-likeness (QED) is 0.672. The number of rotatable bonds is 4. The second kappa shape index (κ2) is 5.55. The summed E-state index contributed by atoms with van der Waals surface area (Å²) in [6, 6.07) is 10.9. The first-order valence-corrected chi connectivity index (χ1v) is 5.55. The van der Waals surface area contributed by atoms with Crippen molar-refractivity contribution in [3.05, 3.63) is 57.5 Å². The Labute approximate surface area is 113 Å². The van der Waals surface area contributed by atoms with E-state index in [-0.39, 0.29) is 23.6 Å². The first-order chi connectivity index (χ1) is 9.63. The lowest BCUT2D eigenvalue weighted by atomic mass is 10.1. The van der Waals surface area contributed by atoms with Crippen LogP contribution < -0.4 is 5.32 Å². The minimum absolute atomic E-state index is 0.142. The number of anilines is 1. The molecular weight excluding hydrogens is 260 g/mol. The Bertz CT molecular complexity index is 737. The number of nitrogens with one attached hydrogen (secondary N) is 1. The Morgan fingerprint density at radius 3 is 2.65 bits per heavy atom. The summed E-state index contributed by atoms with van der Waals surface area (Å²) in [5, 5.41) is 31.2. The highest BCUT2D eigenvalue weighted by Gasteiger charge is 2.11. The Morgan fingerprint density at radius 2 is 2.05 bits per heavy atom. The number of nitro groups is 1. The first-order valence-electron chi connectivity index (χ1n) is 5.55. The van der Waals surface area contributed by atoms with Crippen molar-refractivity contribution < 1.29 is 9.34 Å². The van der Waals surface area contributed by atoms with Crippen LogP contribution in [0.3, 0.4) is 0 Å². The van der Waals surface area contributed by atoms with Gasteiger partial charge >= 0.3 is 0 Å². The molecule has 2 rings (SSSR count). The minimum atomic E-state index is -0.559. The molecule has 7 heteroatoms. The van der Waals surface area contributed by atoms with Crippen LogP contribution in [-0.4, -0.2) is 4.92 Å². The maximum atomic E-state index is 10.6. The van der Waals surface area contributed by atoms with E-state index in [9.17, 15) is 10.1 Å². The Hall–Kier alpha value is -3.32. The van der Waals surface area contributed by atoms with Gasteiger partial charge in [0.25, 0.3) is 5.69 Å². The maximum Gasteiger partial charge on any atom is 0.270 e. The normalized spacial score (nSPS) is 9.50. The first kappa shape index (κ1) is 13.1. The summed E-state index contributed by atoms with van der Waals surface area (Å²) >= 11 is 0. The Morgan fingerprint density at radius 1 is 1.25 bits per heavy atom. The number of nitrogens with zero attached hydrogens (tertiary/aromatic N) is 3. The van der Waals surface area contributed by atoms with Gasteiger partial charge in [0.05, 0.1) is 22.7 Å². The number of benzene rings is 1. The molecule has 0 bridgehead atoms. The van der Waals surface area contributed by atoms with Crippen LogP contribution in [0.1, 0.15) is 17.1 Å². The maximum absolute atomic E-state index is 10.6. The van der Waals surface area contributed by atoms with Gasteiger partial charge in [-0.1, -0.05) is 0 Å². The van der Waals surface area contributed by atoms with Crippen LogP contribution in [0.15, 0.2) is 34.7 Å². The fourth-order valence-corrected chi connectivity index (χ4v) is 1.61. The van der Waals surface area contributed by atoms with E-state index >= 15 is 0 Å². The van der Waals surface area contributed by atoms with E-state index < -0.39 is 4.92 Å². The molecule has 1 aromatic heterocycles. The predicted octanol–water partition coefficient (Wildman–Crippen LogP) is 2.54. The molecule has 0 radical (unpaired) electrons. The SMILES string of the molecule is N#Cc1ccc(CNc2ccc([N+](=O)[O-])cc2C#N)o1. The van der Waals surface area contributed by atoms with Crippen LogP contribution >= 0.6 is 0 Å². The second-order valence-electron chi connectivity index (χ2n) is 3.83. The molecule has 20 heavy (non-hydrogen) atoms. The molecule has 0 unspecified atom stereocenters. The van der Waals surface area contributed by atoms with Crippen molar-refractivity contribution in [2.24, 2.45) is 0 Å². The molecule has 98 valence electrons. The average molecular weight is 268 g/mol. The molecule has 7 nitrogen and oxygen atoms in total. The number of hydrogen-bond donors (Lipinski definition) is 1. The van der Waals surface area contributed by atoms with Gasteiger partial charge in [-0.2, -0.15) is 10.5 Å². The summed E-state index contributed by atoms with van der Waals surface area (Å²) < 4.78 is 5.18. The predicted molar refractivity (Wildman–Crippen MR) is 68.6 cm³/mol. The van der Waals surface area contributed by atoms with Crippen LogP contribution in [0.2, 0.25) is 0 Å². The van der Waals surface area contributed by atoms with E-state index in [0.717, 1.165) is 0 Å². The van der Waals surface area contributed by atoms with Crippen LogP contribution in [0.4, 0.5) is 11.4 Å². The zero-order chi connectivity index (χ0) is 14.5. The van der Waals surface area contributed by atoms with E-state index in [0.29, 0.717) is 11.4 Å². The van der Waals surface area contributed by atoms with Gasteiger partial charge in [-0.25, -0.2) is 0 Å². The van der Waals surface area contributed by atoms with Gasteiger partial charge in [-0.05, 0) is 18.2 Å². The molecule has 0 aliphatic heterocycles. The van der Waals surface area contributed by atoms with Crippen molar-refractivity contribution in [2.45, 2.75) is 6.54 Å². The molecule has 0 amide bonds. The summed E-state index contributed by atoms with van der Waals surface area (Å²) in [5.74, 6) is 0.731. The van der Waals surface area contributed by atoms with Gasteiger partial charge in [0.2, 0.25) is 5.76 Å². The number of nitriles is 2. The van der Waals surface area contributed by atoms with E-state index in [1.807, 2.05) is 12.1 Å². The smallest absolute Gasteiger partial charge is 0.270 e. The van der Waals surface area contributed by atoms with E-state index in [1.165, 1.54) is 24.3 Å². The van der Waals surface area contributed by atoms with Gasteiger partial charge in [0.1, 0.15) is 17.9 Å². The molecule has 0 aliphatic rings. The van der Waals surface area contributed by atoms with Crippen molar-refractivity contribution in [3.8, 4) is 12.1 Å².